The zero-order valence-electron chi connectivity index (χ0n) is 10.3. The Balaban J connectivity index is 2.80. The number of benzene rings is 1. The molecule has 1 rings (SSSR count). The maximum Gasteiger partial charge on any atom is 0.183 e. The molecule has 0 N–H and O–H groups in total. The summed E-state index contributed by atoms with van der Waals surface area (Å²) in [5.74, 6) is 0. The van der Waals surface area contributed by atoms with Crippen molar-refractivity contribution in [1.82, 2.24) is 0 Å². The van der Waals surface area contributed by atoms with Gasteiger partial charge in [-0.15, -0.1) is 0 Å². The van der Waals surface area contributed by atoms with Crippen LogP contribution >= 0.6 is 0 Å². The van der Waals surface area contributed by atoms with E-state index in [2.05, 4.69) is 6.58 Å². The van der Waals surface area contributed by atoms with E-state index in [0.717, 1.165) is 17.4 Å². The maximum atomic E-state index is 10.6. The van der Waals surface area contributed by atoms with E-state index in [4.69, 9.17) is 9.47 Å². The van der Waals surface area contributed by atoms with Crippen molar-refractivity contribution in [3.8, 4) is 0 Å². The second kappa shape index (κ2) is 6.99. The first-order chi connectivity index (χ1) is 8.22. The Labute approximate surface area is 102 Å². The number of rotatable bonds is 7. The molecule has 0 fully saturated rings. The van der Waals surface area contributed by atoms with Crippen molar-refractivity contribution in [2.75, 3.05) is 13.2 Å². The van der Waals surface area contributed by atoms with Gasteiger partial charge in [-0.25, -0.2) is 0 Å². The molecule has 17 heavy (non-hydrogen) atoms. The van der Waals surface area contributed by atoms with E-state index in [-0.39, 0.29) is 0 Å². The number of aldehydes is 1. The molecule has 0 spiro atoms. The average Bonchev–Trinajstić information content (AvgIpc) is 2.38. The minimum absolute atomic E-state index is 0.424. The summed E-state index contributed by atoms with van der Waals surface area (Å²) in [6.07, 6.45) is 0.391. The molecule has 0 aliphatic carbocycles. The second-order valence-electron chi connectivity index (χ2n) is 3.51. The van der Waals surface area contributed by atoms with Crippen molar-refractivity contribution in [2.45, 2.75) is 20.1 Å². The monoisotopic (exact) mass is 234 g/mol. The Hall–Kier alpha value is -1.45. The molecule has 0 atom stereocenters. The van der Waals surface area contributed by atoms with Gasteiger partial charge in [0.2, 0.25) is 0 Å². The van der Waals surface area contributed by atoms with Crippen LogP contribution < -0.4 is 0 Å². The van der Waals surface area contributed by atoms with Crippen LogP contribution in [0.5, 0.6) is 0 Å². The fourth-order valence-corrected chi connectivity index (χ4v) is 1.46. The van der Waals surface area contributed by atoms with Gasteiger partial charge in [0.15, 0.2) is 6.29 Å². The summed E-state index contributed by atoms with van der Waals surface area (Å²) in [7, 11) is 0. The Bertz CT molecular complexity index is 362. The van der Waals surface area contributed by atoms with Crippen LogP contribution in [0.2, 0.25) is 0 Å². The van der Waals surface area contributed by atoms with Crippen LogP contribution in [0.3, 0.4) is 0 Å². The normalized spacial score (nSPS) is 10.5. The SMILES string of the molecule is C=C(c1ccc(C=O)cc1)C(OCC)OCC. The van der Waals surface area contributed by atoms with Gasteiger partial charge in [-0.2, -0.15) is 0 Å². The predicted octanol–water partition coefficient (Wildman–Crippen LogP) is 2.91. The van der Waals surface area contributed by atoms with Crippen molar-refractivity contribution in [1.29, 1.82) is 0 Å². The fraction of sp³-hybridized carbons (Fsp3) is 0.357. The number of carbonyl (C=O) groups is 1. The highest BCUT2D eigenvalue weighted by atomic mass is 16.7. The van der Waals surface area contributed by atoms with Crippen LogP contribution in [0.25, 0.3) is 5.57 Å². The molecule has 0 saturated carbocycles. The molecule has 0 saturated heterocycles. The minimum atomic E-state index is -0.424. The van der Waals surface area contributed by atoms with Gasteiger partial charge in [-0.05, 0) is 19.4 Å². The number of hydrogen-bond acceptors (Lipinski definition) is 3. The highest BCUT2D eigenvalue weighted by molar-refractivity contribution is 5.76. The van der Waals surface area contributed by atoms with E-state index >= 15 is 0 Å². The van der Waals surface area contributed by atoms with Crippen LogP contribution in [0.15, 0.2) is 30.8 Å². The van der Waals surface area contributed by atoms with Gasteiger partial charge >= 0.3 is 0 Å². The zero-order chi connectivity index (χ0) is 12.7. The zero-order valence-corrected chi connectivity index (χ0v) is 10.3. The first-order valence-corrected chi connectivity index (χ1v) is 5.70. The molecule has 1 aromatic carbocycles. The quantitative estimate of drug-likeness (QED) is 0.537. The summed E-state index contributed by atoms with van der Waals surface area (Å²) in [5.41, 5.74) is 2.33. The van der Waals surface area contributed by atoms with Gasteiger partial charge in [-0.3, -0.25) is 4.79 Å². The van der Waals surface area contributed by atoms with Crippen LogP contribution in [0.1, 0.15) is 29.8 Å². The van der Waals surface area contributed by atoms with Crippen molar-refractivity contribution < 1.29 is 14.3 Å². The molecule has 0 aromatic heterocycles. The Morgan fingerprint density at radius 2 is 1.76 bits per heavy atom. The molecule has 0 radical (unpaired) electrons. The molecule has 0 aliphatic rings. The van der Waals surface area contributed by atoms with Crippen LogP contribution in [0, 0.1) is 0 Å². The molecule has 3 heteroatoms. The Morgan fingerprint density at radius 1 is 1.24 bits per heavy atom. The first kappa shape index (κ1) is 13.6. The fourth-order valence-electron chi connectivity index (χ4n) is 1.46. The molecular weight excluding hydrogens is 216 g/mol. The smallest absolute Gasteiger partial charge is 0.183 e. The van der Waals surface area contributed by atoms with Crippen LogP contribution in [-0.4, -0.2) is 25.8 Å². The van der Waals surface area contributed by atoms with Gasteiger partial charge in [0, 0.05) is 24.4 Å². The minimum Gasteiger partial charge on any atom is -0.349 e. The summed E-state index contributed by atoms with van der Waals surface area (Å²) in [6.45, 7) is 8.93. The molecule has 0 bridgehead atoms. The van der Waals surface area contributed by atoms with E-state index in [9.17, 15) is 4.79 Å². The largest absolute Gasteiger partial charge is 0.349 e. The Kier molecular flexibility index (Phi) is 5.60. The maximum absolute atomic E-state index is 10.6. The van der Waals surface area contributed by atoms with Crippen LogP contribution in [0.4, 0.5) is 0 Å². The summed E-state index contributed by atoms with van der Waals surface area (Å²) < 4.78 is 10.9. The van der Waals surface area contributed by atoms with Gasteiger partial charge < -0.3 is 9.47 Å². The Morgan fingerprint density at radius 3 is 2.18 bits per heavy atom. The molecule has 3 nitrogen and oxygen atoms in total. The molecule has 0 unspecified atom stereocenters. The van der Waals surface area contributed by atoms with E-state index in [1.807, 2.05) is 26.0 Å². The lowest BCUT2D eigenvalue weighted by atomic mass is 10.1. The summed E-state index contributed by atoms with van der Waals surface area (Å²) >= 11 is 0. The van der Waals surface area contributed by atoms with Crippen molar-refractivity contribution in [3.63, 3.8) is 0 Å². The second-order valence-corrected chi connectivity index (χ2v) is 3.51. The van der Waals surface area contributed by atoms with Gasteiger partial charge in [0.25, 0.3) is 0 Å². The van der Waals surface area contributed by atoms with Crippen molar-refractivity contribution >= 4 is 11.9 Å². The molecule has 1 aromatic rings. The number of hydrogen-bond donors (Lipinski definition) is 0. The lowest BCUT2D eigenvalue weighted by Gasteiger charge is -2.19. The molecule has 0 heterocycles. The van der Waals surface area contributed by atoms with Crippen LogP contribution in [-0.2, 0) is 9.47 Å². The molecular formula is C14H18O3. The number of ether oxygens (including phenoxy) is 2. The summed E-state index contributed by atoms with van der Waals surface area (Å²) in [4.78, 5) is 10.6. The van der Waals surface area contributed by atoms with E-state index < -0.39 is 6.29 Å². The van der Waals surface area contributed by atoms with Crippen molar-refractivity contribution in [3.05, 3.63) is 42.0 Å². The van der Waals surface area contributed by atoms with E-state index in [1.165, 1.54) is 0 Å². The third-order valence-electron chi connectivity index (χ3n) is 2.34. The lowest BCUT2D eigenvalue weighted by Crippen LogP contribution is -2.18. The standard InChI is InChI=1S/C14H18O3/c1-4-16-14(17-5-2)11(3)13-8-6-12(10-15)7-9-13/h6-10,14H,3-5H2,1-2H3. The summed E-state index contributed by atoms with van der Waals surface area (Å²) in [6, 6.07) is 7.19. The van der Waals surface area contributed by atoms with Gasteiger partial charge in [0.1, 0.15) is 6.29 Å². The topological polar surface area (TPSA) is 35.5 Å². The van der Waals surface area contributed by atoms with Gasteiger partial charge in [0.05, 0.1) is 0 Å². The lowest BCUT2D eigenvalue weighted by molar-refractivity contribution is -0.0962. The predicted molar refractivity (Wildman–Crippen MR) is 67.9 cm³/mol. The van der Waals surface area contributed by atoms with Crippen molar-refractivity contribution in [2.24, 2.45) is 0 Å². The number of carbonyl (C=O) groups excluding carboxylic acids is 1. The molecule has 92 valence electrons. The molecule has 0 amide bonds. The van der Waals surface area contributed by atoms with E-state index in [1.54, 1.807) is 12.1 Å². The van der Waals surface area contributed by atoms with Gasteiger partial charge in [-0.1, -0.05) is 30.8 Å². The molecule has 0 aliphatic heterocycles. The highest BCUT2D eigenvalue weighted by Crippen LogP contribution is 2.20. The van der Waals surface area contributed by atoms with E-state index in [0.29, 0.717) is 18.8 Å². The first-order valence-electron chi connectivity index (χ1n) is 5.70. The third-order valence-corrected chi connectivity index (χ3v) is 2.34. The highest BCUT2D eigenvalue weighted by Gasteiger charge is 2.14. The summed E-state index contributed by atoms with van der Waals surface area (Å²) in [5, 5.41) is 0. The average molecular weight is 234 g/mol. The third kappa shape index (κ3) is 3.80.